The summed E-state index contributed by atoms with van der Waals surface area (Å²) in [6.07, 6.45) is 2.94. The molecule has 6 nitrogen and oxygen atoms in total. The van der Waals surface area contributed by atoms with Crippen molar-refractivity contribution in [1.29, 1.82) is 0 Å². The van der Waals surface area contributed by atoms with Gasteiger partial charge in [-0.25, -0.2) is 4.79 Å². The van der Waals surface area contributed by atoms with Crippen LogP contribution in [0.1, 0.15) is 19.3 Å². The highest BCUT2D eigenvalue weighted by Crippen LogP contribution is 2.29. The molecule has 0 saturated heterocycles. The highest BCUT2D eigenvalue weighted by molar-refractivity contribution is 5.80. The first kappa shape index (κ1) is 14.8. The van der Waals surface area contributed by atoms with Crippen LogP contribution in [0.25, 0.3) is 0 Å². The van der Waals surface area contributed by atoms with Crippen molar-refractivity contribution in [1.82, 2.24) is 9.80 Å². The number of hydrogen-bond acceptors (Lipinski definition) is 3. The third kappa shape index (κ3) is 5.35. The fraction of sp³-hybridized carbons (Fsp3) is 0.833. The van der Waals surface area contributed by atoms with Crippen LogP contribution < -0.4 is 0 Å². The third-order valence-corrected chi connectivity index (χ3v) is 2.94. The number of urea groups is 1. The van der Waals surface area contributed by atoms with E-state index in [0.717, 1.165) is 19.3 Å². The van der Waals surface area contributed by atoms with Gasteiger partial charge in [0.25, 0.3) is 0 Å². The van der Waals surface area contributed by atoms with Crippen molar-refractivity contribution in [2.75, 3.05) is 40.4 Å². The van der Waals surface area contributed by atoms with Crippen molar-refractivity contribution in [3.05, 3.63) is 0 Å². The first-order chi connectivity index (χ1) is 8.54. The summed E-state index contributed by atoms with van der Waals surface area (Å²) < 4.78 is 4.93. The molecule has 0 aromatic heterocycles. The Balaban J connectivity index is 2.42. The molecule has 1 aliphatic carbocycles. The Morgan fingerprint density at radius 2 is 2.06 bits per heavy atom. The lowest BCUT2D eigenvalue weighted by Gasteiger charge is -2.27. The summed E-state index contributed by atoms with van der Waals surface area (Å²) in [6.45, 7) is 1.51. The number of amides is 2. The lowest BCUT2D eigenvalue weighted by Crippen LogP contribution is -2.45. The first-order valence-corrected chi connectivity index (χ1v) is 6.25. The molecule has 0 aromatic carbocycles. The lowest BCUT2D eigenvalue weighted by molar-refractivity contribution is -0.137. The van der Waals surface area contributed by atoms with Crippen molar-refractivity contribution in [3.8, 4) is 0 Å². The van der Waals surface area contributed by atoms with E-state index in [9.17, 15) is 9.59 Å². The molecule has 104 valence electrons. The maximum absolute atomic E-state index is 12.1. The minimum Gasteiger partial charge on any atom is -0.480 e. The van der Waals surface area contributed by atoms with Crippen LogP contribution in [0.2, 0.25) is 0 Å². The van der Waals surface area contributed by atoms with Gasteiger partial charge in [0.05, 0.1) is 0 Å². The van der Waals surface area contributed by atoms with Gasteiger partial charge in [-0.15, -0.1) is 0 Å². The molecule has 0 aliphatic heterocycles. The van der Waals surface area contributed by atoms with Crippen LogP contribution >= 0.6 is 0 Å². The SMILES string of the molecule is COCCCN(C)C(=O)N(CC(=O)O)CC1CC1. The standard InChI is InChI=1S/C12H22N2O4/c1-13(6-3-7-18-2)12(17)14(9-11(15)16)8-10-4-5-10/h10H,3-9H2,1-2H3,(H,15,16). The average Bonchev–Trinajstić information content (AvgIpc) is 3.10. The molecule has 0 radical (unpaired) electrons. The second-order valence-corrected chi connectivity index (χ2v) is 4.77. The zero-order valence-electron chi connectivity index (χ0n) is 11.1. The first-order valence-electron chi connectivity index (χ1n) is 6.25. The molecular formula is C12H22N2O4. The predicted octanol–water partition coefficient (Wildman–Crippen LogP) is 0.871. The van der Waals surface area contributed by atoms with E-state index >= 15 is 0 Å². The van der Waals surface area contributed by atoms with Gasteiger partial charge in [0.2, 0.25) is 0 Å². The van der Waals surface area contributed by atoms with Gasteiger partial charge >= 0.3 is 12.0 Å². The summed E-state index contributed by atoms with van der Waals surface area (Å²) in [5, 5.41) is 8.83. The molecule has 1 saturated carbocycles. The van der Waals surface area contributed by atoms with Gasteiger partial charge in [0.1, 0.15) is 6.54 Å². The number of nitrogens with zero attached hydrogens (tertiary/aromatic N) is 2. The average molecular weight is 258 g/mol. The minimum absolute atomic E-state index is 0.208. The van der Waals surface area contributed by atoms with Gasteiger partial charge in [-0.3, -0.25) is 4.79 Å². The number of carboxylic acid groups (broad SMARTS) is 1. The van der Waals surface area contributed by atoms with E-state index in [1.807, 2.05) is 0 Å². The van der Waals surface area contributed by atoms with Crippen molar-refractivity contribution >= 4 is 12.0 Å². The molecule has 1 fully saturated rings. The predicted molar refractivity (Wildman–Crippen MR) is 66.5 cm³/mol. The Labute approximate surface area is 107 Å². The summed E-state index contributed by atoms with van der Waals surface area (Å²) in [7, 11) is 3.31. The van der Waals surface area contributed by atoms with Gasteiger partial charge in [0.15, 0.2) is 0 Å². The molecule has 0 bridgehead atoms. The van der Waals surface area contributed by atoms with Gasteiger partial charge in [-0.2, -0.15) is 0 Å². The molecule has 2 amide bonds. The van der Waals surface area contributed by atoms with E-state index in [4.69, 9.17) is 9.84 Å². The van der Waals surface area contributed by atoms with E-state index in [1.165, 1.54) is 4.90 Å². The molecule has 0 atom stereocenters. The normalized spacial score (nSPS) is 14.3. The quantitative estimate of drug-likeness (QED) is 0.656. The van der Waals surface area contributed by atoms with E-state index in [1.54, 1.807) is 19.1 Å². The number of hydrogen-bond donors (Lipinski definition) is 1. The maximum Gasteiger partial charge on any atom is 0.323 e. The van der Waals surface area contributed by atoms with Crippen molar-refractivity contribution < 1.29 is 19.4 Å². The topological polar surface area (TPSA) is 70.1 Å². The maximum atomic E-state index is 12.1. The molecule has 1 N–H and O–H groups in total. The Hall–Kier alpha value is -1.30. The summed E-state index contributed by atoms with van der Waals surface area (Å²) in [5.74, 6) is -0.477. The molecule has 6 heteroatoms. The molecule has 0 spiro atoms. The molecule has 0 unspecified atom stereocenters. The number of rotatable bonds is 8. The number of methoxy groups -OCH3 is 1. The number of carbonyl (C=O) groups excluding carboxylic acids is 1. The van der Waals surface area contributed by atoms with Gasteiger partial charge in [0, 0.05) is 33.9 Å². The zero-order valence-corrected chi connectivity index (χ0v) is 11.1. The van der Waals surface area contributed by atoms with Crippen molar-refractivity contribution in [2.24, 2.45) is 5.92 Å². The lowest BCUT2D eigenvalue weighted by atomic mass is 10.3. The van der Waals surface area contributed by atoms with Crippen LogP contribution in [0.3, 0.4) is 0 Å². The van der Waals surface area contributed by atoms with Crippen LogP contribution in [-0.4, -0.2) is 67.3 Å². The number of carbonyl (C=O) groups is 2. The van der Waals surface area contributed by atoms with Gasteiger partial charge < -0.3 is 19.6 Å². The minimum atomic E-state index is -0.964. The zero-order chi connectivity index (χ0) is 13.5. The third-order valence-electron chi connectivity index (χ3n) is 2.94. The Morgan fingerprint density at radius 1 is 1.39 bits per heavy atom. The van der Waals surface area contributed by atoms with Crippen LogP contribution in [0.15, 0.2) is 0 Å². The fourth-order valence-electron chi connectivity index (χ4n) is 1.77. The molecule has 1 aliphatic rings. The van der Waals surface area contributed by atoms with Gasteiger partial charge in [-0.1, -0.05) is 0 Å². The Bertz CT molecular complexity index is 292. The van der Waals surface area contributed by atoms with Crippen LogP contribution in [0.4, 0.5) is 4.79 Å². The summed E-state index contributed by atoms with van der Waals surface area (Å²) in [5.41, 5.74) is 0. The van der Waals surface area contributed by atoms with Crippen LogP contribution in [-0.2, 0) is 9.53 Å². The molecule has 0 aromatic rings. The van der Waals surface area contributed by atoms with E-state index in [-0.39, 0.29) is 12.6 Å². The van der Waals surface area contributed by atoms with E-state index < -0.39 is 5.97 Å². The molecule has 0 heterocycles. The largest absolute Gasteiger partial charge is 0.480 e. The fourth-order valence-corrected chi connectivity index (χ4v) is 1.77. The van der Waals surface area contributed by atoms with Crippen molar-refractivity contribution in [2.45, 2.75) is 19.3 Å². The van der Waals surface area contributed by atoms with Crippen LogP contribution in [0, 0.1) is 5.92 Å². The monoisotopic (exact) mass is 258 g/mol. The van der Waals surface area contributed by atoms with Gasteiger partial charge in [-0.05, 0) is 25.2 Å². The second kappa shape index (κ2) is 7.20. The summed E-state index contributed by atoms with van der Waals surface area (Å²) in [4.78, 5) is 25.8. The molecule has 1 rings (SSSR count). The highest BCUT2D eigenvalue weighted by atomic mass is 16.5. The number of carboxylic acids is 1. The number of ether oxygens (including phenoxy) is 1. The second-order valence-electron chi connectivity index (χ2n) is 4.77. The van der Waals surface area contributed by atoms with Crippen molar-refractivity contribution in [3.63, 3.8) is 0 Å². The van der Waals surface area contributed by atoms with Crippen LogP contribution in [0.5, 0.6) is 0 Å². The van der Waals surface area contributed by atoms with E-state index in [2.05, 4.69) is 0 Å². The smallest absolute Gasteiger partial charge is 0.323 e. The highest BCUT2D eigenvalue weighted by Gasteiger charge is 2.29. The number of aliphatic carboxylic acids is 1. The van der Waals surface area contributed by atoms with E-state index in [0.29, 0.717) is 25.6 Å². The summed E-state index contributed by atoms with van der Waals surface area (Å²) in [6, 6.07) is -0.208. The molecular weight excluding hydrogens is 236 g/mol. The Morgan fingerprint density at radius 3 is 2.56 bits per heavy atom. The Kier molecular flexibility index (Phi) is 5.91. The molecule has 18 heavy (non-hydrogen) atoms. The summed E-state index contributed by atoms with van der Waals surface area (Å²) >= 11 is 0.